The fourth-order valence-corrected chi connectivity index (χ4v) is 1.59. The van der Waals surface area contributed by atoms with E-state index in [1.54, 1.807) is 6.26 Å². The van der Waals surface area contributed by atoms with Gasteiger partial charge < -0.3 is 9.73 Å². The number of para-hydroxylation sites is 1. The summed E-state index contributed by atoms with van der Waals surface area (Å²) in [6, 6.07) is 13.9. The second-order valence-corrected chi connectivity index (χ2v) is 3.81. The molecule has 2 nitrogen and oxygen atoms in total. The van der Waals surface area contributed by atoms with Crippen LogP contribution in [0.5, 0.6) is 0 Å². The zero-order valence-corrected chi connectivity index (χ0v) is 10.7. The molecule has 0 aliphatic heterocycles. The summed E-state index contributed by atoms with van der Waals surface area (Å²) in [7, 11) is 0. The highest BCUT2D eigenvalue weighted by Gasteiger charge is 2.14. The van der Waals surface area contributed by atoms with Gasteiger partial charge in [-0.1, -0.05) is 30.4 Å². The minimum absolute atomic E-state index is 0.0254. The van der Waals surface area contributed by atoms with Gasteiger partial charge in [-0.25, -0.2) is 0 Å². The van der Waals surface area contributed by atoms with Gasteiger partial charge in [-0.2, -0.15) is 0 Å². The van der Waals surface area contributed by atoms with Gasteiger partial charge in [-0.15, -0.1) is 13.2 Å². The molecule has 0 aliphatic carbocycles. The van der Waals surface area contributed by atoms with Crippen molar-refractivity contribution in [2.45, 2.75) is 13.0 Å². The molecule has 1 aromatic carbocycles. The van der Waals surface area contributed by atoms with Crippen molar-refractivity contribution in [2.75, 3.05) is 5.32 Å². The van der Waals surface area contributed by atoms with Gasteiger partial charge >= 0.3 is 0 Å². The second-order valence-electron chi connectivity index (χ2n) is 3.81. The van der Waals surface area contributed by atoms with Crippen molar-refractivity contribution >= 4 is 5.69 Å². The largest absolute Gasteiger partial charge is 0.467 e. The lowest BCUT2D eigenvalue weighted by atomic mass is 10.1. The molecule has 0 radical (unpaired) electrons. The molecule has 1 aromatic heterocycles. The molecule has 0 fully saturated rings. The normalized spacial score (nSPS) is 10.9. The molecular weight excluding hydrogens is 222 g/mol. The predicted octanol–water partition coefficient (Wildman–Crippen LogP) is 4.81. The van der Waals surface area contributed by atoms with Crippen molar-refractivity contribution in [1.29, 1.82) is 0 Å². The molecule has 0 saturated carbocycles. The van der Waals surface area contributed by atoms with Crippen LogP contribution in [0.1, 0.15) is 18.7 Å². The number of hydrogen-bond donors (Lipinski definition) is 1. The van der Waals surface area contributed by atoms with Gasteiger partial charge in [0.25, 0.3) is 0 Å². The molecule has 94 valence electrons. The summed E-state index contributed by atoms with van der Waals surface area (Å²) in [4.78, 5) is 0. The van der Waals surface area contributed by atoms with E-state index in [9.17, 15) is 0 Å². The molecule has 1 N–H and O–H groups in total. The fourth-order valence-electron chi connectivity index (χ4n) is 1.59. The van der Waals surface area contributed by atoms with E-state index in [0.717, 1.165) is 17.0 Å². The molecule has 18 heavy (non-hydrogen) atoms. The van der Waals surface area contributed by atoms with E-state index in [0.29, 0.717) is 0 Å². The van der Waals surface area contributed by atoms with Gasteiger partial charge in [0.05, 0.1) is 6.26 Å². The summed E-state index contributed by atoms with van der Waals surface area (Å²) in [6.07, 6.45) is 1.68. The van der Waals surface area contributed by atoms with Crippen molar-refractivity contribution in [3.63, 3.8) is 0 Å². The maximum atomic E-state index is 5.41. The summed E-state index contributed by atoms with van der Waals surface area (Å²) >= 11 is 0. The molecule has 0 aliphatic rings. The number of furan rings is 1. The molecule has 0 spiro atoms. The van der Waals surface area contributed by atoms with Gasteiger partial charge in [0.2, 0.25) is 0 Å². The Bertz CT molecular complexity index is 459. The first-order valence-corrected chi connectivity index (χ1v) is 5.78. The maximum absolute atomic E-state index is 5.41. The minimum atomic E-state index is 0.0254. The average Bonchev–Trinajstić information content (AvgIpc) is 2.93. The summed E-state index contributed by atoms with van der Waals surface area (Å²) in [6.45, 7) is 12.0. The van der Waals surface area contributed by atoms with Crippen molar-refractivity contribution in [1.82, 2.24) is 0 Å². The zero-order chi connectivity index (χ0) is 13.4. The molecule has 2 rings (SSSR count). The van der Waals surface area contributed by atoms with Crippen LogP contribution in [0.3, 0.4) is 0 Å². The Hall–Kier alpha value is -2.22. The van der Waals surface area contributed by atoms with Crippen LogP contribution in [0.15, 0.2) is 78.5 Å². The van der Waals surface area contributed by atoms with E-state index in [1.807, 2.05) is 49.4 Å². The highest BCUT2D eigenvalue weighted by atomic mass is 16.3. The monoisotopic (exact) mass is 241 g/mol. The van der Waals surface area contributed by atoms with Crippen LogP contribution in [0, 0.1) is 0 Å². The highest BCUT2D eigenvalue weighted by molar-refractivity contribution is 5.46. The molecule has 2 aromatic rings. The first kappa shape index (κ1) is 13.8. The second kappa shape index (κ2) is 7.17. The SMILES string of the molecule is C=C.C=C(C)C(Nc1ccccc1)c1ccco1. The molecule has 2 heteroatoms. The first-order valence-electron chi connectivity index (χ1n) is 5.78. The molecular formula is C16H19NO. The number of rotatable bonds is 4. The first-order chi connectivity index (χ1) is 8.77. The van der Waals surface area contributed by atoms with Crippen LogP contribution in [-0.2, 0) is 0 Å². The van der Waals surface area contributed by atoms with Crippen LogP contribution in [0.25, 0.3) is 0 Å². The Morgan fingerprint density at radius 1 is 1.11 bits per heavy atom. The predicted molar refractivity (Wildman–Crippen MR) is 77.6 cm³/mol. The number of nitrogens with one attached hydrogen (secondary N) is 1. The molecule has 1 unspecified atom stereocenters. The van der Waals surface area contributed by atoms with Crippen molar-refractivity contribution < 1.29 is 4.42 Å². The average molecular weight is 241 g/mol. The van der Waals surface area contributed by atoms with E-state index in [1.165, 1.54) is 0 Å². The van der Waals surface area contributed by atoms with Crippen LogP contribution >= 0.6 is 0 Å². The summed E-state index contributed by atoms with van der Waals surface area (Å²) in [5, 5.41) is 3.39. The Morgan fingerprint density at radius 2 is 1.78 bits per heavy atom. The van der Waals surface area contributed by atoms with Gasteiger partial charge in [-0.05, 0) is 31.2 Å². The van der Waals surface area contributed by atoms with Crippen molar-refractivity contribution in [2.24, 2.45) is 0 Å². The van der Waals surface area contributed by atoms with E-state index >= 15 is 0 Å². The Morgan fingerprint density at radius 3 is 2.28 bits per heavy atom. The molecule has 0 bridgehead atoms. The third kappa shape index (κ3) is 3.67. The fraction of sp³-hybridized carbons (Fsp3) is 0.125. The quantitative estimate of drug-likeness (QED) is 0.777. The Balaban J connectivity index is 0.000000771. The van der Waals surface area contributed by atoms with Gasteiger partial charge in [0.1, 0.15) is 11.8 Å². The Labute approximate surface area is 109 Å². The summed E-state index contributed by atoms with van der Waals surface area (Å²) in [5.74, 6) is 0.886. The minimum Gasteiger partial charge on any atom is -0.467 e. The number of hydrogen-bond acceptors (Lipinski definition) is 2. The Kier molecular flexibility index (Phi) is 5.52. The van der Waals surface area contributed by atoms with Gasteiger partial charge in [-0.3, -0.25) is 0 Å². The smallest absolute Gasteiger partial charge is 0.130 e. The standard InChI is InChI=1S/C14H15NO.C2H4/c1-11(2)14(13-9-6-10-16-13)15-12-7-4-3-5-8-12;1-2/h3-10,14-15H,1H2,2H3;1-2H2. The van der Waals surface area contributed by atoms with E-state index in [2.05, 4.69) is 25.1 Å². The number of benzene rings is 1. The van der Waals surface area contributed by atoms with Crippen LogP contribution in [0.4, 0.5) is 5.69 Å². The van der Waals surface area contributed by atoms with Crippen LogP contribution in [-0.4, -0.2) is 0 Å². The molecule has 1 heterocycles. The van der Waals surface area contributed by atoms with Crippen LogP contribution < -0.4 is 5.32 Å². The van der Waals surface area contributed by atoms with Crippen molar-refractivity contribution in [3.8, 4) is 0 Å². The third-order valence-electron chi connectivity index (χ3n) is 2.41. The van der Waals surface area contributed by atoms with E-state index < -0.39 is 0 Å². The summed E-state index contributed by atoms with van der Waals surface area (Å²) < 4.78 is 5.41. The lowest BCUT2D eigenvalue weighted by Gasteiger charge is -2.17. The lowest BCUT2D eigenvalue weighted by molar-refractivity contribution is 0.497. The molecule has 1 atom stereocenters. The number of anilines is 1. The molecule has 0 saturated heterocycles. The van der Waals surface area contributed by atoms with E-state index in [-0.39, 0.29) is 6.04 Å². The summed E-state index contributed by atoms with van der Waals surface area (Å²) in [5.41, 5.74) is 2.09. The van der Waals surface area contributed by atoms with E-state index in [4.69, 9.17) is 4.42 Å². The van der Waals surface area contributed by atoms with Gasteiger partial charge in [0.15, 0.2) is 0 Å². The lowest BCUT2D eigenvalue weighted by Crippen LogP contribution is -2.10. The van der Waals surface area contributed by atoms with Gasteiger partial charge in [0, 0.05) is 5.69 Å². The highest BCUT2D eigenvalue weighted by Crippen LogP contribution is 2.25. The zero-order valence-electron chi connectivity index (χ0n) is 10.7. The van der Waals surface area contributed by atoms with Crippen molar-refractivity contribution in [3.05, 3.63) is 79.8 Å². The van der Waals surface area contributed by atoms with Crippen LogP contribution in [0.2, 0.25) is 0 Å². The topological polar surface area (TPSA) is 25.2 Å². The third-order valence-corrected chi connectivity index (χ3v) is 2.41. The molecule has 0 amide bonds. The maximum Gasteiger partial charge on any atom is 0.130 e.